The predicted molar refractivity (Wildman–Crippen MR) is 85.3 cm³/mol. The van der Waals surface area contributed by atoms with Crippen LogP contribution in [-0.2, 0) is 13.5 Å². The summed E-state index contributed by atoms with van der Waals surface area (Å²) in [6, 6.07) is 8.33. The molecule has 0 aliphatic heterocycles. The molecule has 1 aromatic heterocycles. The maximum absolute atomic E-state index is 5.95. The number of hydrogen-bond acceptors (Lipinski definition) is 2. The van der Waals surface area contributed by atoms with Crippen LogP contribution in [0.4, 0.5) is 0 Å². The molecule has 2 aromatic rings. The zero-order valence-electron chi connectivity index (χ0n) is 11.0. The van der Waals surface area contributed by atoms with Gasteiger partial charge in [0, 0.05) is 17.4 Å². The summed E-state index contributed by atoms with van der Waals surface area (Å²) in [5.74, 6) is 0.295. The van der Waals surface area contributed by atoms with Crippen molar-refractivity contribution in [2.24, 2.45) is 12.8 Å². The lowest BCUT2D eigenvalue weighted by Crippen LogP contribution is -2.16. The molecule has 2 N–H and O–H groups in total. The lowest BCUT2D eigenvalue weighted by molar-refractivity contribution is 0.627. The minimum Gasteiger partial charge on any atom is -0.330 e. The molecule has 0 bridgehead atoms. The summed E-state index contributed by atoms with van der Waals surface area (Å²) < 4.78 is 4.10. The van der Waals surface area contributed by atoms with Gasteiger partial charge < -0.3 is 5.73 Å². The topological polar surface area (TPSA) is 43.8 Å². The number of aromatic nitrogens is 2. The molecule has 3 nitrogen and oxygen atoms in total. The summed E-state index contributed by atoms with van der Waals surface area (Å²) in [6.45, 7) is 2.62. The molecule has 1 unspecified atom stereocenters. The normalized spacial score (nSPS) is 12.7. The molecule has 2 rings (SSSR count). The number of aryl methyl sites for hydroxylation is 2. The highest BCUT2D eigenvalue weighted by Gasteiger charge is 2.17. The van der Waals surface area contributed by atoms with Gasteiger partial charge in [0.2, 0.25) is 0 Å². The van der Waals surface area contributed by atoms with Crippen LogP contribution in [0.2, 0.25) is 0 Å². The van der Waals surface area contributed by atoms with Crippen LogP contribution in [-0.4, -0.2) is 16.3 Å². The molecule has 0 aliphatic carbocycles. The van der Waals surface area contributed by atoms with Crippen molar-refractivity contribution in [1.29, 1.82) is 0 Å². The number of nitrogens with zero attached hydrogens (tertiary/aromatic N) is 2. The Morgan fingerprint density at radius 3 is 2.63 bits per heavy atom. The summed E-state index contributed by atoms with van der Waals surface area (Å²) in [7, 11) is 1.97. The third-order valence-electron chi connectivity index (χ3n) is 3.31. The fourth-order valence-corrected chi connectivity index (χ4v) is 3.15. The fraction of sp³-hybridized carbons (Fsp3) is 0.357. The molecule has 1 aromatic carbocycles. The molecule has 0 amide bonds. The van der Waals surface area contributed by atoms with E-state index in [1.165, 1.54) is 11.3 Å². The second kappa shape index (κ2) is 6.20. The molecule has 0 saturated heterocycles. The van der Waals surface area contributed by atoms with Gasteiger partial charge in [0.15, 0.2) is 0 Å². The molecule has 1 heterocycles. The van der Waals surface area contributed by atoms with Crippen LogP contribution in [0.5, 0.6) is 0 Å². The van der Waals surface area contributed by atoms with Gasteiger partial charge >= 0.3 is 0 Å². The van der Waals surface area contributed by atoms with Gasteiger partial charge in [-0.2, -0.15) is 5.10 Å². The summed E-state index contributed by atoms with van der Waals surface area (Å²) in [5, 5.41) is 4.43. The van der Waals surface area contributed by atoms with E-state index in [0.717, 1.165) is 21.1 Å². The number of rotatable bonds is 4. The molecule has 0 saturated carbocycles. The maximum Gasteiger partial charge on any atom is 0.0738 e. The minimum atomic E-state index is 0.295. The third-order valence-corrected chi connectivity index (χ3v) is 4.83. The Morgan fingerprint density at radius 2 is 2.11 bits per heavy atom. The van der Waals surface area contributed by atoms with E-state index in [-0.39, 0.29) is 0 Å². The van der Waals surface area contributed by atoms with Gasteiger partial charge in [0.05, 0.1) is 15.9 Å². The molecule has 0 fully saturated rings. The SMILES string of the molecule is Cc1nn(C)c(CC(CN)c2cccc(Br)c2)c1Br. The smallest absolute Gasteiger partial charge is 0.0738 e. The first kappa shape index (κ1) is 14.8. The molecular formula is C14H17Br2N3. The molecule has 0 radical (unpaired) electrons. The highest BCUT2D eigenvalue weighted by Crippen LogP contribution is 2.28. The van der Waals surface area contributed by atoms with E-state index in [4.69, 9.17) is 5.73 Å². The van der Waals surface area contributed by atoms with E-state index >= 15 is 0 Å². The molecule has 0 aliphatic rings. The standard InChI is InChI=1S/C14H17Br2N3/c1-9-14(16)13(19(2)18-9)7-11(8-17)10-4-3-5-12(15)6-10/h3-6,11H,7-8,17H2,1-2H3. The van der Waals surface area contributed by atoms with Crippen LogP contribution < -0.4 is 5.73 Å². The third kappa shape index (κ3) is 3.27. The van der Waals surface area contributed by atoms with Gasteiger partial charge in [-0.15, -0.1) is 0 Å². The minimum absolute atomic E-state index is 0.295. The summed E-state index contributed by atoms with van der Waals surface area (Å²) in [4.78, 5) is 0. The van der Waals surface area contributed by atoms with Crippen molar-refractivity contribution < 1.29 is 0 Å². The predicted octanol–water partition coefficient (Wildman–Crippen LogP) is 3.54. The van der Waals surface area contributed by atoms with Gasteiger partial charge in [-0.25, -0.2) is 0 Å². The van der Waals surface area contributed by atoms with E-state index in [2.05, 4.69) is 49.1 Å². The number of halogens is 2. The zero-order valence-corrected chi connectivity index (χ0v) is 14.2. The van der Waals surface area contributed by atoms with Crippen LogP contribution in [0.1, 0.15) is 22.9 Å². The highest BCUT2D eigenvalue weighted by molar-refractivity contribution is 9.10. The lowest BCUT2D eigenvalue weighted by atomic mass is 9.94. The average molecular weight is 387 g/mol. The van der Waals surface area contributed by atoms with Crippen LogP contribution in [0, 0.1) is 6.92 Å². The van der Waals surface area contributed by atoms with E-state index in [1.807, 2.05) is 30.8 Å². The van der Waals surface area contributed by atoms with Gasteiger partial charge in [0.25, 0.3) is 0 Å². The summed E-state index contributed by atoms with van der Waals surface area (Å²) >= 11 is 7.12. The van der Waals surface area contributed by atoms with E-state index in [1.54, 1.807) is 0 Å². The van der Waals surface area contributed by atoms with Crippen LogP contribution in [0.3, 0.4) is 0 Å². The fourth-order valence-electron chi connectivity index (χ4n) is 2.23. The van der Waals surface area contributed by atoms with E-state index in [0.29, 0.717) is 12.5 Å². The van der Waals surface area contributed by atoms with Crippen molar-refractivity contribution in [3.05, 3.63) is 50.2 Å². The van der Waals surface area contributed by atoms with Gasteiger partial charge in [-0.3, -0.25) is 4.68 Å². The molecule has 102 valence electrons. The summed E-state index contributed by atoms with van der Waals surface area (Å²) in [5.41, 5.74) is 9.41. The van der Waals surface area contributed by atoms with Crippen molar-refractivity contribution >= 4 is 31.9 Å². The van der Waals surface area contributed by atoms with Crippen LogP contribution in [0.25, 0.3) is 0 Å². The van der Waals surface area contributed by atoms with E-state index < -0.39 is 0 Å². The Hall–Kier alpha value is -0.650. The molecule has 19 heavy (non-hydrogen) atoms. The zero-order chi connectivity index (χ0) is 14.0. The number of nitrogens with two attached hydrogens (primary N) is 1. The lowest BCUT2D eigenvalue weighted by Gasteiger charge is -2.16. The first-order valence-electron chi connectivity index (χ1n) is 6.16. The van der Waals surface area contributed by atoms with Crippen LogP contribution >= 0.6 is 31.9 Å². The van der Waals surface area contributed by atoms with Crippen molar-refractivity contribution in [1.82, 2.24) is 9.78 Å². The molecule has 1 atom stereocenters. The monoisotopic (exact) mass is 385 g/mol. The van der Waals surface area contributed by atoms with Gasteiger partial charge in [-0.1, -0.05) is 28.1 Å². The average Bonchev–Trinajstić information content (AvgIpc) is 2.61. The number of hydrogen-bond donors (Lipinski definition) is 1. The second-order valence-corrected chi connectivity index (χ2v) is 6.37. The Kier molecular flexibility index (Phi) is 4.81. The maximum atomic E-state index is 5.95. The summed E-state index contributed by atoms with van der Waals surface area (Å²) in [6.07, 6.45) is 0.880. The Balaban J connectivity index is 2.29. The Morgan fingerprint density at radius 1 is 1.37 bits per heavy atom. The Labute approximate surface area is 130 Å². The quantitative estimate of drug-likeness (QED) is 0.873. The van der Waals surface area contributed by atoms with Crippen LogP contribution in [0.15, 0.2) is 33.2 Å². The first-order valence-corrected chi connectivity index (χ1v) is 7.75. The first-order chi connectivity index (χ1) is 9.02. The molecular weight excluding hydrogens is 370 g/mol. The van der Waals surface area contributed by atoms with Crippen molar-refractivity contribution in [3.8, 4) is 0 Å². The number of benzene rings is 1. The van der Waals surface area contributed by atoms with E-state index in [9.17, 15) is 0 Å². The second-order valence-electron chi connectivity index (χ2n) is 4.66. The largest absolute Gasteiger partial charge is 0.330 e. The van der Waals surface area contributed by atoms with Crippen molar-refractivity contribution in [3.63, 3.8) is 0 Å². The molecule has 0 spiro atoms. The molecule has 5 heteroatoms. The highest BCUT2D eigenvalue weighted by atomic mass is 79.9. The Bertz CT molecular complexity index is 578. The van der Waals surface area contributed by atoms with Gasteiger partial charge in [0.1, 0.15) is 0 Å². The van der Waals surface area contributed by atoms with Crippen molar-refractivity contribution in [2.75, 3.05) is 6.54 Å². The van der Waals surface area contributed by atoms with Gasteiger partial charge in [-0.05, 0) is 53.5 Å². The van der Waals surface area contributed by atoms with Crippen molar-refractivity contribution in [2.45, 2.75) is 19.3 Å².